The van der Waals surface area contributed by atoms with Crippen LogP contribution in [0.4, 0.5) is 5.69 Å². The van der Waals surface area contributed by atoms with Crippen molar-refractivity contribution < 1.29 is 9.53 Å². The normalized spacial score (nSPS) is 16.2. The van der Waals surface area contributed by atoms with Crippen molar-refractivity contribution in [3.05, 3.63) is 52.6 Å². The van der Waals surface area contributed by atoms with E-state index in [0.29, 0.717) is 18.3 Å². The number of rotatable bonds is 6. The molecule has 150 valence electrons. The van der Waals surface area contributed by atoms with E-state index in [-0.39, 0.29) is 34.5 Å². The topological polar surface area (TPSA) is 99.0 Å². The highest BCUT2D eigenvalue weighted by molar-refractivity contribution is 7.99. The first-order chi connectivity index (χ1) is 14.1. The first-order valence-electron chi connectivity index (χ1n) is 9.42. The molecule has 1 N–H and O–H groups in total. The number of carbonyl (C=O) groups excluding carboxylic acids is 1. The van der Waals surface area contributed by atoms with Gasteiger partial charge in [0, 0.05) is 24.7 Å². The molecule has 4 rings (SSSR count). The van der Waals surface area contributed by atoms with E-state index in [2.05, 4.69) is 20.3 Å². The minimum atomic E-state index is -0.264. The quantitative estimate of drug-likeness (QED) is 0.491. The second-order valence-electron chi connectivity index (χ2n) is 6.88. The van der Waals surface area contributed by atoms with Gasteiger partial charge >= 0.3 is 0 Å². The highest BCUT2D eigenvalue weighted by atomic mass is 32.2. The number of thioether (sulfide) groups is 1. The fraction of sp³-hybridized carbons (Fsp3) is 0.350. The zero-order chi connectivity index (χ0) is 20.2. The predicted octanol–water partition coefficient (Wildman–Crippen LogP) is 2.40. The fourth-order valence-electron chi connectivity index (χ4n) is 3.16. The van der Waals surface area contributed by atoms with Gasteiger partial charge in [-0.15, -0.1) is 0 Å². The van der Waals surface area contributed by atoms with Gasteiger partial charge in [-0.25, -0.2) is 15.0 Å². The van der Waals surface area contributed by atoms with Crippen molar-refractivity contribution in [1.29, 1.82) is 0 Å². The smallest absolute Gasteiger partial charge is 0.282 e. The number of aryl methyl sites for hydroxylation is 1. The molecule has 2 aromatic heterocycles. The van der Waals surface area contributed by atoms with Crippen molar-refractivity contribution in [1.82, 2.24) is 19.5 Å². The lowest BCUT2D eigenvalue weighted by atomic mass is 10.2. The number of nitrogens with zero attached hydrogens (tertiary/aromatic N) is 4. The SMILES string of the molecule is Cc1ccc(NC(=O)CSc2nc3nccnc3c(=O)n2CC2CCCO2)cc1. The van der Waals surface area contributed by atoms with Crippen LogP contribution in [0.2, 0.25) is 0 Å². The minimum absolute atomic E-state index is 0.0376. The summed E-state index contributed by atoms with van der Waals surface area (Å²) in [6.45, 7) is 3.07. The van der Waals surface area contributed by atoms with Crippen molar-refractivity contribution in [3.63, 3.8) is 0 Å². The van der Waals surface area contributed by atoms with Gasteiger partial charge in [-0.05, 0) is 31.9 Å². The summed E-state index contributed by atoms with van der Waals surface area (Å²) >= 11 is 1.21. The molecule has 0 radical (unpaired) electrons. The number of aromatic nitrogens is 4. The van der Waals surface area contributed by atoms with E-state index < -0.39 is 0 Å². The maximum Gasteiger partial charge on any atom is 0.282 e. The van der Waals surface area contributed by atoms with Crippen LogP contribution in [0.15, 0.2) is 46.6 Å². The summed E-state index contributed by atoms with van der Waals surface area (Å²) in [6, 6.07) is 7.58. The molecule has 3 aromatic rings. The van der Waals surface area contributed by atoms with Gasteiger partial charge in [-0.3, -0.25) is 14.2 Å². The second-order valence-corrected chi connectivity index (χ2v) is 7.82. The summed E-state index contributed by atoms with van der Waals surface area (Å²) in [4.78, 5) is 38.1. The third-order valence-electron chi connectivity index (χ3n) is 4.64. The number of carbonyl (C=O) groups is 1. The van der Waals surface area contributed by atoms with E-state index in [1.807, 2.05) is 31.2 Å². The zero-order valence-electron chi connectivity index (χ0n) is 16.0. The van der Waals surface area contributed by atoms with Crippen molar-refractivity contribution in [2.45, 2.75) is 37.6 Å². The van der Waals surface area contributed by atoms with Gasteiger partial charge in [0.15, 0.2) is 16.3 Å². The largest absolute Gasteiger partial charge is 0.376 e. The Morgan fingerprint density at radius 3 is 2.83 bits per heavy atom. The molecular formula is C20H21N5O3S. The standard InChI is InChI=1S/C20H21N5O3S/c1-13-4-6-14(7-5-13)23-16(26)12-29-20-24-18-17(21-8-9-22-18)19(27)25(20)11-15-3-2-10-28-15/h4-9,15H,2-3,10-12H2,1H3,(H,23,26). The molecule has 1 aliphatic rings. The van der Waals surface area contributed by atoms with Crippen LogP contribution in [0.1, 0.15) is 18.4 Å². The van der Waals surface area contributed by atoms with Gasteiger partial charge in [0.25, 0.3) is 5.56 Å². The Bertz CT molecular complexity index is 1080. The number of hydrogen-bond acceptors (Lipinski definition) is 7. The van der Waals surface area contributed by atoms with Gasteiger partial charge in [-0.2, -0.15) is 0 Å². The van der Waals surface area contributed by atoms with Gasteiger partial charge in [0.2, 0.25) is 5.91 Å². The van der Waals surface area contributed by atoms with Crippen LogP contribution in [0.5, 0.6) is 0 Å². The van der Waals surface area contributed by atoms with Crippen LogP contribution in [0.3, 0.4) is 0 Å². The molecule has 1 saturated heterocycles. The summed E-state index contributed by atoms with van der Waals surface area (Å²) in [5, 5.41) is 3.30. The van der Waals surface area contributed by atoms with Crippen molar-refractivity contribution in [2.75, 3.05) is 17.7 Å². The van der Waals surface area contributed by atoms with E-state index in [0.717, 1.165) is 24.1 Å². The number of anilines is 1. The van der Waals surface area contributed by atoms with Gasteiger partial charge in [-0.1, -0.05) is 29.5 Å². The predicted molar refractivity (Wildman–Crippen MR) is 111 cm³/mol. The van der Waals surface area contributed by atoms with E-state index >= 15 is 0 Å². The summed E-state index contributed by atoms with van der Waals surface area (Å²) in [6.07, 6.45) is 4.80. The average molecular weight is 411 g/mol. The van der Waals surface area contributed by atoms with E-state index in [9.17, 15) is 9.59 Å². The Morgan fingerprint density at radius 1 is 1.28 bits per heavy atom. The summed E-state index contributed by atoms with van der Waals surface area (Å²) in [7, 11) is 0. The average Bonchev–Trinajstić information content (AvgIpc) is 3.24. The highest BCUT2D eigenvalue weighted by Crippen LogP contribution is 2.20. The number of amides is 1. The Labute approximate surface area is 171 Å². The lowest BCUT2D eigenvalue weighted by Gasteiger charge is -2.15. The van der Waals surface area contributed by atoms with Crippen molar-refractivity contribution >= 4 is 34.5 Å². The molecule has 0 spiro atoms. The van der Waals surface area contributed by atoms with Gasteiger partial charge in [0.1, 0.15) is 0 Å². The molecule has 9 heteroatoms. The molecule has 1 unspecified atom stereocenters. The lowest BCUT2D eigenvalue weighted by molar-refractivity contribution is -0.113. The number of fused-ring (bicyclic) bond motifs is 1. The number of ether oxygens (including phenoxy) is 1. The summed E-state index contributed by atoms with van der Waals surface area (Å²) in [5.74, 6) is -0.0477. The first-order valence-corrected chi connectivity index (χ1v) is 10.4. The van der Waals surface area contributed by atoms with E-state index in [4.69, 9.17) is 4.74 Å². The second kappa shape index (κ2) is 8.71. The molecule has 3 heterocycles. The molecule has 0 saturated carbocycles. The zero-order valence-corrected chi connectivity index (χ0v) is 16.8. The Morgan fingerprint density at radius 2 is 2.07 bits per heavy atom. The van der Waals surface area contributed by atoms with E-state index in [1.165, 1.54) is 24.2 Å². The molecular weight excluding hydrogens is 390 g/mol. The molecule has 29 heavy (non-hydrogen) atoms. The van der Waals surface area contributed by atoms with Crippen molar-refractivity contribution in [2.24, 2.45) is 0 Å². The van der Waals surface area contributed by atoms with E-state index in [1.54, 1.807) is 4.57 Å². The molecule has 1 fully saturated rings. The molecule has 1 atom stereocenters. The summed E-state index contributed by atoms with van der Waals surface area (Å²) in [5.41, 5.74) is 2.09. The monoisotopic (exact) mass is 411 g/mol. The van der Waals surface area contributed by atoms with Crippen molar-refractivity contribution in [3.8, 4) is 0 Å². The van der Waals surface area contributed by atoms with Crippen LogP contribution in [-0.4, -0.2) is 43.9 Å². The number of hydrogen-bond donors (Lipinski definition) is 1. The fourth-order valence-corrected chi connectivity index (χ4v) is 3.95. The number of benzene rings is 1. The third kappa shape index (κ3) is 4.63. The van der Waals surface area contributed by atoms with Gasteiger partial charge in [0.05, 0.1) is 18.4 Å². The van der Waals surface area contributed by atoms with Crippen LogP contribution < -0.4 is 10.9 Å². The Kier molecular flexibility index (Phi) is 5.86. The van der Waals surface area contributed by atoms with Crippen LogP contribution >= 0.6 is 11.8 Å². The minimum Gasteiger partial charge on any atom is -0.376 e. The lowest BCUT2D eigenvalue weighted by Crippen LogP contribution is -2.30. The maximum atomic E-state index is 13.0. The first kappa shape index (κ1) is 19.5. The molecule has 8 nitrogen and oxygen atoms in total. The number of nitrogens with one attached hydrogen (secondary N) is 1. The molecule has 1 aliphatic heterocycles. The van der Waals surface area contributed by atoms with Gasteiger partial charge < -0.3 is 10.1 Å². The Balaban J connectivity index is 1.55. The molecule has 1 amide bonds. The van der Waals surface area contributed by atoms with Crippen LogP contribution in [-0.2, 0) is 16.1 Å². The molecule has 0 aliphatic carbocycles. The Hall–Kier alpha value is -2.78. The van der Waals surface area contributed by atoms with Crippen LogP contribution in [0, 0.1) is 6.92 Å². The highest BCUT2D eigenvalue weighted by Gasteiger charge is 2.21. The van der Waals surface area contributed by atoms with Crippen LogP contribution in [0.25, 0.3) is 11.2 Å². The maximum absolute atomic E-state index is 13.0. The molecule has 0 bridgehead atoms. The molecule has 1 aromatic carbocycles. The third-order valence-corrected chi connectivity index (χ3v) is 5.61. The summed E-state index contributed by atoms with van der Waals surface area (Å²) < 4.78 is 7.23.